The highest BCUT2D eigenvalue weighted by Gasteiger charge is 2.21. The van der Waals surface area contributed by atoms with Gasteiger partial charge in [0.25, 0.3) is 0 Å². The summed E-state index contributed by atoms with van der Waals surface area (Å²) in [5.74, 6) is 1.05. The summed E-state index contributed by atoms with van der Waals surface area (Å²) in [5.41, 5.74) is 2.47. The van der Waals surface area contributed by atoms with E-state index >= 15 is 0 Å². The van der Waals surface area contributed by atoms with Crippen LogP contribution >= 0.6 is 11.8 Å². The molecule has 0 aliphatic carbocycles. The number of rotatable bonds is 7. The van der Waals surface area contributed by atoms with Crippen LogP contribution in [0.4, 0.5) is 11.4 Å². The van der Waals surface area contributed by atoms with Crippen molar-refractivity contribution in [2.24, 2.45) is 0 Å². The van der Waals surface area contributed by atoms with Crippen LogP contribution in [0.2, 0.25) is 0 Å². The molecule has 1 aromatic heterocycles. The molecule has 0 saturated carbocycles. The Morgan fingerprint density at radius 2 is 1.82 bits per heavy atom. The molecule has 3 heterocycles. The lowest BCUT2D eigenvalue weighted by atomic mass is 10.2. The summed E-state index contributed by atoms with van der Waals surface area (Å²) >= 11 is 1.42. The van der Waals surface area contributed by atoms with Gasteiger partial charge in [-0.25, -0.2) is 9.97 Å². The first-order valence-electron chi connectivity index (χ1n) is 11.5. The molecule has 0 spiro atoms. The highest BCUT2D eigenvalue weighted by atomic mass is 32.2. The van der Waals surface area contributed by atoms with Crippen LogP contribution in [0.3, 0.4) is 0 Å². The Morgan fingerprint density at radius 3 is 2.59 bits per heavy atom. The second-order valence-electron chi connectivity index (χ2n) is 8.38. The van der Waals surface area contributed by atoms with Gasteiger partial charge in [-0.3, -0.25) is 14.5 Å². The third-order valence-electron chi connectivity index (χ3n) is 5.96. The van der Waals surface area contributed by atoms with E-state index in [0.717, 1.165) is 66.7 Å². The van der Waals surface area contributed by atoms with Crippen LogP contribution in [-0.4, -0.2) is 65.3 Å². The van der Waals surface area contributed by atoms with Crippen LogP contribution < -0.4 is 10.2 Å². The molecule has 0 atom stereocenters. The average molecular weight is 478 g/mol. The molecule has 8 nitrogen and oxygen atoms in total. The Bertz CT molecular complexity index is 1180. The van der Waals surface area contributed by atoms with Crippen molar-refractivity contribution in [1.82, 2.24) is 14.9 Å². The first-order chi connectivity index (χ1) is 16.7. The maximum absolute atomic E-state index is 12.7. The Morgan fingerprint density at radius 1 is 1.03 bits per heavy atom. The Balaban J connectivity index is 1.24. The molecular weight excluding hydrogens is 450 g/mol. The number of carbonyl (C=O) groups excluding carboxylic acids is 2. The van der Waals surface area contributed by atoms with Crippen molar-refractivity contribution in [3.05, 3.63) is 54.4 Å². The van der Waals surface area contributed by atoms with Crippen LogP contribution in [0.5, 0.6) is 0 Å². The van der Waals surface area contributed by atoms with Crippen LogP contribution in [0.25, 0.3) is 10.9 Å². The van der Waals surface area contributed by atoms with Crippen molar-refractivity contribution in [1.29, 1.82) is 0 Å². The van der Waals surface area contributed by atoms with Gasteiger partial charge in [-0.05, 0) is 36.8 Å². The number of nitrogens with one attached hydrogen (secondary N) is 1. The number of hydrogen-bond acceptors (Lipinski definition) is 7. The number of ether oxygens (including phenoxy) is 1. The van der Waals surface area contributed by atoms with Crippen molar-refractivity contribution in [2.45, 2.75) is 24.4 Å². The summed E-state index contributed by atoms with van der Waals surface area (Å²) < 4.78 is 5.43. The lowest BCUT2D eigenvalue weighted by Gasteiger charge is -2.25. The number of amides is 2. The molecule has 0 unspecified atom stereocenters. The van der Waals surface area contributed by atoms with Gasteiger partial charge in [0.15, 0.2) is 0 Å². The highest BCUT2D eigenvalue weighted by Crippen LogP contribution is 2.27. The summed E-state index contributed by atoms with van der Waals surface area (Å²) in [6.45, 7) is 4.61. The predicted octanol–water partition coefficient (Wildman–Crippen LogP) is 3.32. The minimum Gasteiger partial charge on any atom is -0.379 e. The van der Waals surface area contributed by atoms with Crippen molar-refractivity contribution >= 4 is 45.9 Å². The molecule has 2 aliphatic rings. The van der Waals surface area contributed by atoms with E-state index in [1.165, 1.54) is 11.8 Å². The molecule has 2 amide bonds. The number of nitrogens with zero attached hydrogens (tertiary/aromatic N) is 4. The fourth-order valence-corrected chi connectivity index (χ4v) is 5.05. The van der Waals surface area contributed by atoms with Gasteiger partial charge in [0.2, 0.25) is 11.8 Å². The number of benzene rings is 2. The number of para-hydroxylation sites is 1. The maximum atomic E-state index is 12.7. The van der Waals surface area contributed by atoms with Crippen molar-refractivity contribution in [2.75, 3.05) is 48.8 Å². The van der Waals surface area contributed by atoms with Gasteiger partial charge in [-0.15, -0.1) is 0 Å². The molecule has 176 valence electrons. The lowest BCUT2D eigenvalue weighted by molar-refractivity contribution is -0.117. The standard InChI is InChI=1S/C25H27N5O3S/c31-23(26-18-7-9-19(10-8-18)30-11-3-6-24(30)32)17-34-25-20-4-1-2-5-21(20)27-22(28-25)16-29-12-14-33-15-13-29/h1-2,4-5,7-10H,3,6,11-17H2,(H,26,31). The third kappa shape index (κ3) is 5.38. The van der Waals surface area contributed by atoms with E-state index in [1.807, 2.05) is 48.5 Å². The molecule has 1 N–H and O–H groups in total. The Labute approximate surface area is 202 Å². The average Bonchev–Trinajstić information content (AvgIpc) is 3.29. The lowest BCUT2D eigenvalue weighted by Crippen LogP contribution is -2.36. The smallest absolute Gasteiger partial charge is 0.234 e. The second kappa shape index (κ2) is 10.5. The number of morpholine rings is 1. The van der Waals surface area contributed by atoms with E-state index in [4.69, 9.17) is 14.7 Å². The minimum atomic E-state index is -0.104. The topological polar surface area (TPSA) is 87.7 Å². The second-order valence-corrected chi connectivity index (χ2v) is 9.35. The molecule has 3 aromatic rings. The molecular formula is C25H27N5O3S. The fraction of sp³-hybridized carbons (Fsp3) is 0.360. The van der Waals surface area contributed by atoms with Crippen LogP contribution in [-0.2, 0) is 20.9 Å². The molecule has 5 rings (SSSR count). The van der Waals surface area contributed by atoms with Gasteiger partial charge in [0.1, 0.15) is 10.9 Å². The van der Waals surface area contributed by atoms with Crippen LogP contribution in [0.1, 0.15) is 18.7 Å². The summed E-state index contributed by atoms with van der Waals surface area (Å²) in [7, 11) is 0. The quantitative estimate of drug-likeness (QED) is 0.413. The van der Waals surface area contributed by atoms with E-state index in [0.29, 0.717) is 18.7 Å². The van der Waals surface area contributed by atoms with E-state index in [-0.39, 0.29) is 17.6 Å². The van der Waals surface area contributed by atoms with Crippen molar-refractivity contribution < 1.29 is 14.3 Å². The Kier molecular flexibility index (Phi) is 7.03. The van der Waals surface area contributed by atoms with Gasteiger partial charge >= 0.3 is 0 Å². The zero-order valence-electron chi connectivity index (χ0n) is 18.9. The number of thioether (sulfide) groups is 1. The van der Waals surface area contributed by atoms with Gasteiger partial charge < -0.3 is 15.0 Å². The first-order valence-corrected chi connectivity index (χ1v) is 12.5. The SMILES string of the molecule is O=C(CSc1nc(CN2CCOCC2)nc2ccccc12)Nc1ccc(N2CCCC2=O)cc1. The van der Waals surface area contributed by atoms with Crippen molar-refractivity contribution in [3.8, 4) is 0 Å². The van der Waals surface area contributed by atoms with Gasteiger partial charge in [-0.1, -0.05) is 30.0 Å². The van der Waals surface area contributed by atoms with Gasteiger partial charge in [0.05, 0.1) is 31.0 Å². The first kappa shape index (κ1) is 22.8. The molecule has 2 aromatic carbocycles. The van der Waals surface area contributed by atoms with E-state index in [9.17, 15) is 9.59 Å². The van der Waals surface area contributed by atoms with Gasteiger partial charge in [-0.2, -0.15) is 0 Å². The number of aromatic nitrogens is 2. The predicted molar refractivity (Wildman–Crippen MR) is 133 cm³/mol. The summed E-state index contributed by atoms with van der Waals surface area (Å²) in [6, 6.07) is 15.3. The normalized spacial score (nSPS) is 16.8. The zero-order chi connectivity index (χ0) is 23.3. The number of anilines is 2. The highest BCUT2D eigenvalue weighted by molar-refractivity contribution is 8.00. The van der Waals surface area contributed by atoms with Gasteiger partial charge in [0, 0.05) is 42.8 Å². The molecule has 0 bridgehead atoms. The number of carbonyl (C=O) groups is 2. The molecule has 9 heteroatoms. The zero-order valence-corrected chi connectivity index (χ0v) is 19.7. The van der Waals surface area contributed by atoms with E-state index in [1.54, 1.807) is 4.90 Å². The monoisotopic (exact) mass is 477 g/mol. The molecule has 0 radical (unpaired) electrons. The Hall–Kier alpha value is -3.01. The van der Waals surface area contributed by atoms with Crippen LogP contribution in [0, 0.1) is 0 Å². The van der Waals surface area contributed by atoms with E-state index in [2.05, 4.69) is 10.2 Å². The number of hydrogen-bond donors (Lipinski definition) is 1. The van der Waals surface area contributed by atoms with E-state index < -0.39 is 0 Å². The molecule has 2 saturated heterocycles. The summed E-state index contributed by atoms with van der Waals surface area (Å²) in [4.78, 5) is 38.2. The third-order valence-corrected chi connectivity index (χ3v) is 6.95. The minimum absolute atomic E-state index is 0.104. The largest absolute Gasteiger partial charge is 0.379 e. The van der Waals surface area contributed by atoms with Crippen molar-refractivity contribution in [3.63, 3.8) is 0 Å². The molecule has 2 fully saturated rings. The number of fused-ring (bicyclic) bond motifs is 1. The summed E-state index contributed by atoms with van der Waals surface area (Å²) in [5, 5.41) is 4.70. The molecule has 34 heavy (non-hydrogen) atoms. The summed E-state index contributed by atoms with van der Waals surface area (Å²) in [6.07, 6.45) is 1.49. The molecule has 2 aliphatic heterocycles. The van der Waals surface area contributed by atoms with Crippen LogP contribution in [0.15, 0.2) is 53.6 Å². The maximum Gasteiger partial charge on any atom is 0.234 e. The fourth-order valence-electron chi connectivity index (χ4n) is 4.21.